The highest BCUT2D eigenvalue weighted by Gasteiger charge is 2.20. The van der Waals surface area contributed by atoms with Gasteiger partial charge in [0.1, 0.15) is 5.58 Å². The number of fused-ring (bicyclic) bond motifs is 1. The van der Waals surface area contributed by atoms with Gasteiger partial charge in [0.05, 0.1) is 0 Å². The fraction of sp³-hybridized carbons (Fsp3) is 0.267. The van der Waals surface area contributed by atoms with Crippen molar-refractivity contribution in [2.45, 2.75) is 20.8 Å². The first-order chi connectivity index (χ1) is 10.1. The van der Waals surface area contributed by atoms with Crippen LogP contribution >= 0.6 is 0 Å². The Bertz CT molecular complexity index is 817. The number of aromatic nitrogens is 2. The minimum atomic E-state index is -0.388. The highest BCUT2D eigenvalue weighted by Crippen LogP contribution is 2.31. The zero-order valence-corrected chi connectivity index (χ0v) is 12.1. The summed E-state index contributed by atoms with van der Waals surface area (Å²) in [7, 11) is 0. The van der Waals surface area contributed by atoms with Gasteiger partial charge in [0.2, 0.25) is 5.82 Å². The maximum Gasteiger partial charge on any atom is 0.316 e. The number of benzene rings is 1. The van der Waals surface area contributed by atoms with E-state index in [1.165, 1.54) is 0 Å². The molecule has 0 spiro atoms. The molecule has 21 heavy (non-hydrogen) atoms. The third-order valence-corrected chi connectivity index (χ3v) is 3.25. The minimum Gasteiger partial charge on any atom is -0.452 e. The van der Waals surface area contributed by atoms with Gasteiger partial charge in [0.25, 0.3) is 0 Å². The van der Waals surface area contributed by atoms with Gasteiger partial charge in [0, 0.05) is 17.5 Å². The van der Waals surface area contributed by atoms with E-state index in [1.807, 2.05) is 39.0 Å². The van der Waals surface area contributed by atoms with Gasteiger partial charge in [-0.05, 0) is 32.9 Å². The zero-order valence-electron chi connectivity index (χ0n) is 12.1. The summed E-state index contributed by atoms with van der Waals surface area (Å²) in [6.45, 7) is 6.27. The molecule has 108 valence electrons. The summed E-state index contributed by atoms with van der Waals surface area (Å²) >= 11 is 0. The number of rotatable bonds is 3. The molecule has 0 saturated carbocycles. The van der Waals surface area contributed by atoms with Crippen molar-refractivity contribution in [2.75, 3.05) is 6.54 Å². The molecule has 3 aromatic rings. The van der Waals surface area contributed by atoms with Crippen molar-refractivity contribution in [1.82, 2.24) is 15.5 Å². The van der Waals surface area contributed by atoms with Crippen LogP contribution in [0.4, 0.5) is 0 Å². The number of carbonyl (C=O) groups excluding carboxylic acids is 1. The van der Waals surface area contributed by atoms with Crippen molar-refractivity contribution < 1.29 is 13.7 Å². The summed E-state index contributed by atoms with van der Waals surface area (Å²) in [6, 6.07) is 5.93. The van der Waals surface area contributed by atoms with E-state index in [2.05, 4.69) is 15.5 Å². The molecule has 2 heterocycles. The first kappa shape index (κ1) is 13.4. The van der Waals surface area contributed by atoms with Gasteiger partial charge >= 0.3 is 11.8 Å². The molecule has 0 saturated heterocycles. The van der Waals surface area contributed by atoms with E-state index >= 15 is 0 Å². The first-order valence-corrected chi connectivity index (χ1v) is 6.72. The van der Waals surface area contributed by atoms with Crippen LogP contribution in [0.15, 0.2) is 27.1 Å². The molecule has 0 radical (unpaired) electrons. The lowest BCUT2D eigenvalue weighted by Gasteiger charge is -1.93. The van der Waals surface area contributed by atoms with Gasteiger partial charge < -0.3 is 14.3 Å². The summed E-state index contributed by atoms with van der Waals surface area (Å²) < 4.78 is 10.8. The maximum atomic E-state index is 11.7. The second kappa shape index (κ2) is 5.05. The van der Waals surface area contributed by atoms with Gasteiger partial charge in [-0.2, -0.15) is 4.98 Å². The summed E-state index contributed by atoms with van der Waals surface area (Å²) in [5.74, 6) is 0.348. The van der Waals surface area contributed by atoms with Crippen molar-refractivity contribution >= 4 is 16.9 Å². The van der Waals surface area contributed by atoms with Crippen LogP contribution in [0.2, 0.25) is 0 Å². The number of amides is 1. The van der Waals surface area contributed by atoms with Crippen molar-refractivity contribution in [3.05, 3.63) is 35.2 Å². The van der Waals surface area contributed by atoms with E-state index in [-0.39, 0.29) is 17.6 Å². The summed E-state index contributed by atoms with van der Waals surface area (Å²) in [5.41, 5.74) is 2.84. The molecular formula is C15H15N3O3. The normalized spacial score (nSPS) is 11.0. The number of hydrogen-bond donors (Lipinski definition) is 1. The van der Waals surface area contributed by atoms with Crippen LogP contribution in [0, 0.1) is 13.8 Å². The molecule has 0 atom stereocenters. The lowest BCUT2D eigenvalue weighted by Crippen LogP contribution is -2.22. The molecular weight excluding hydrogens is 270 g/mol. The second-order valence-electron chi connectivity index (χ2n) is 4.84. The zero-order chi connectivity index (χ0) is 15.0. The molecule has 0 bridgehead atoms. The smallest absolute Gasteiger partial charge is 0.316 e. The van der Waals surface area contributed by atoms with Crippen molar-refractivity contribution in [3.8, 4) is 11.6 Å². The topological polar surface area (TPSA) is 81.2 Å². The van der Waals surface area contributed by atoms with Crippen molar-refractivity contribution in [2.24, 2.45) is 0 Å². The molecule has 3 rings (SSSR count). The molecule has 6 heteroatoms. The predicted molar refractivity (Wildman–Crippen MR) is 77.0 cm³/mol. The Morgan fingerprint density at radius 1 is 1.33 bits per heavy atom. The van der Waals surface area contributed by atoms with Crippen LogP contribution in [0.25, 0.3) is 22.6 Å². The van der Waals surface area contributed by atoms with Crippen LogP contribution in [0.5, 0.6) is 0 Å². The molecule has 1 N–H and O–H groups in total. The van der Waals surface area contributed by atoms with Gasteiger partial charge in [-0.1, -0.05) is 16.8 Å². The van der Waals surface area contributed by atoms with Crippen LogP contribution < -0.4 is 5.32 Å². The van der Waals surface area contributed by atoms with E-state index in [0.717, 1.165) is 22.1 Å². The fourth-order valence-electron chi connectivity index (χ4n) is 2.19. The average Bonchev–Trinajstić information content (AvgIpc) is 3.05. The van der Waals surface area contributed by atoms with Gasteiger partial charge in [-0.25, -0.2) is 0 Å². The SMILES string of the molecule is CCNC(=O)c1nc(-c2oc3ccc(C)cc3c2C)no1. The molecule has 0 aliphatic carbocycles. The van der Waals surface area contributed by atoms with E-state index in [4.69, 9.17) is 8.94 Å². The van der Waals surface area contributed by atoms with Gasteiger partial charge in [-0.3, -0.25) is 4.79 Å². The van der Waals surface area contributed by atoms with E-state index in [0.29, 0.717) is 12.3 Å². The number of hydrogen-bond acceptors (Lipinski definition) is 5. The van der Waals surface area contributed by atoms with Crippen LogP contribution in [-0.4, -0.2) is 22.6 Å². The molecule has 0 aliphatic rings. The molecule has 0 unspecified atom stereocenters. The van der Waals surface area contributed by atoms with Crippen LogP contribution in [0.1, 0.15) is 28.7 Å². The molecule has 2 aromatic heterocycles. The van der Waals surface area contributed by atoms with Crippen LogP contribution in [0.3, 0.4) is 0 Å². The quantitative estimate of drug-likeness (QED) is 0.800. The minimum absolute atomic E-state index is 0.0668. The standard InChI is InChI=1S/C15H15N3O3/c1-4-16-14(19)15-17-13(18-21-15)12-9(3)10-7-8(2)5-6-11(10)20-12/h5-7H,4H2,1-3H3,(H,16,19). The second-order valence-corrected chi connectivity index (χ2v) is 4.84. The lowest BCUT2D eigenvalue weighted by molar-refractivity contribution is 0.0912. The Morgan fingerprint density at radius 3 is 2.90 bits per heavy atom. The van der Waals surface area contributed by atoms with Gasteiger partial charge in [-0.15, -0.1) is 0 Å². The Labute approximate surface area is 121 Å². The fourth-order valence-corrected chi connectivity index (χ4v) is 2.19. The summed E-state index contributed by atoms with van der Waals surface area (Å²) in [4.78, 5) is 15.7. The summed E-state index contributed by atoms with van der Waals surface area (Å²) in [6.07, 6.45) is 0. The Morgan fingerprint density at radius 2 is 2.14 bits per heavy atom. The number of nitrogens with one attached hydrogen (secondary N) is 1. The Kier molecular flexibility index (Phi) is 3.21. The average molecular weight is 285 g/mol. The summed E-state index contributed by atoms with van der Waals surface area (Å²) in [5, 5.41) is 7.45. The maximum absolute atomic E-state index is 11.7. The van der Waals surface area contributed by atoms with Crippen LogP contribution in [-0.2, 0) is 0 Å². The van der Waals surface area contributed by atoms with E-state index in [9.17, 15) is 4.79 Å². The van der Waals surface area contributed by atoms with Crippen molar-refractivity contribution in [1.29, 1.82) is 0 Å². The Balaban J connectivity index is 2.05. The molecule has 6 nitrogen and oxygen atoms in total. The molecule has 1 aromatic carbocycles. The monoisotopic (exact) mass is 285 g/mol. The first-order valence-electron chi connectivity index (χ1n) is 6.72. The molecule has 1 amide bonds. The third kappa shape index (κ3) is 2.29. The van der Waals surface area contributed by atoms with Crippen molar-refractivity contribution in [3.63, 3.8) is 0 Å². The van der Waals surface area contributed by atoms with Gasteiger partial charge in [0.15, 0.2) is 5.76 Å². The molecule has 0 fully saturated rings. The van der Waals surface area contributed by atoms with E-state index in [1.54, 1.807) is 0 Å². The predicted octanol–water partition coefficient (Wildman–Crippen LogP) is 2.85. The Hall–Kier alpha value is -2.63. The number of furan rings is 1. The largest absolute Gasteiger partial charge is 0.452 e. The highest BCUT2D eigenvalue weighted by molar-refractivity contribution is 5.90. The number of nitrogens with zero attached hydrogens (tertiary/aromatic N) is 2. The third-order valence-electron chi connectivity index (χ3n) is 3.25. The molecule has 0 aliphatic heterocycles. The number of aryl methyl sites for hydroxylation is 2. The lowest BCUT2D eigenvalue weighted by atomic mass is 10.1. The van der Waals surface area contributed by atoms with E-state index < -0.39 is 0 Å². The number of carbonyl (C=O) groups is 1. The highest BCUT2D eigenvalue weighted by atomic mass is 16.5.